The van der Waals surface area contributed by atoms with Gasteiger partial charge in [-0.05, 0) is 17.4 Å². The summed E-state index contributed by atoms with van der Waals surface area (Å²) in [4.78, 5) is 24.9. The molecular weight excluding hydrogens is 325 g/mol. The van der Waals surface area contributed by atoms with E-state index in [-0.39, 0.29) is 5.57 Å². The fourth-order valence-electron chi connectivity index (χ4n) is 2.56. The molecule has 1 aliphatic heterocycles. The number of anilines is 1. The van der Waals surface area contributed by atoms with Crippen LogP contribution < -0.4 is 10.3 Å². The van der Waals surface area contributed by atoms with Crippen LogP contribution in [0.25, 0.3) is 0 Å². The third-order valence-corrected chi connectivity index (χ3v) is 4.56. The van der Waals surface area contributed by atoms with E-state index in [9.17, 15) is 9.59 Å². The molecule has 1 aromatic carbocycles. The minimum atomic E-state index is 0.165. The maximum Gasteiger partial charge on any atom is 0.155 e. The van der Waals surface area contributed by atoms with Crippen molar-refractivity contribution >= 4 is 32.8 Å². The first kappa shape index (κ1) is 18.6. The number of nitrogens with zero attached hydrogens (tertiary/aromatic N) is 3. The number of hydrogen-bond acceptors (Lipinski definition) is 6. The molecule has 0 amide bonds. The molecule has 0 N–H and O–H groups in total. The molecule has 1 atom stereocenters. The van der Waals surface area contributed by atoms with Gasteiger partial charge in [-0.1, -0.05) is 12.1 Å². The second-order valence-electron chi connectivity index (χ2n) is 5.67. The minimum absolute atomic E-state index is 0.165. The molecule has 0 aromatic heterocycles. The van der Waals surface area contributed by atoms with Crippen molar-refractivity contribution in [3.05, 3.63) is 35.5 Å². The molecule has 7 heteroatoms. The predicted molar refractivity (Wildman–Crippen MR) is 98.4 cm³/mol. The molecule has 0 radical (unpaired) electrons. The largest absolute Gasteiger partial charge is 0.379 e. The van der Waals surface area contributed by atoms with Crippen molar-refractivity contribution < 1.29 is 14.3 Å². The fraction of sp³-hybridized carbons (Fsp3) is 0.412. The van der Waals surface area contributed by atoms with Crippen molar-refractivity contribution in [1.82, 2.24) is 9.91 Å². The highest BCUT2D eigenvalue weighted by Crippen LogP contribution is 2.18. The van der Waals surface area contributed by atoms with E-state index < -0.39 is 0 Å². The van der Waals surface area contributed by atoms with Crippen molar-refractivity contribution in [3.63, 3.8) is 0 Å². The van der Waals surface area contributed by atoms with Crippen LogP contribution in [0.5, 0.6) is 0 Å². The van der Waals surface area contributed by atoms with Gasteiger partial charge in [0.15, 0.2) is 12.6 Å². The van der Waals surface area contributed by atoms with Crippen LogP contribution in [0.1, 0.15) is 0 Å². The van der Waals surface area contributed by atoms with E-state index in [2.05, 4.69) is 14.1 Å². The van der Waals surface area contributed by atoms with Crippen LogP contribution in [0.3, 0.4) is 0 Å². The molecule has 24 heavy (non-hydrogen) atoms. The smallest absolute Gasteiger partial charge is 0.155 e. The highest BCUT2D eigenvalue weighted by atomic mass is 31.0. The Morgan fingerprint density at radius 2 is 1.75 bits per heavy atom. The Balaban J connectivity index is 2.24. The van der Waals surface area contributed by atoms with Crippen LogP contribution in [-0.4, -0.2) is 69.4 Å². The quantitative estimate of drug-likeness (QED) is 0.178. The average molecular weight is 349 g/mol. The second kappa shape index (κ2) is 8.92. The van der Waals surface area contributed by atoms with Crippen molar-refractivity contribution in [1.29, 1.82) is 0 Å². The van der Waals surface area contributed by atoms with Crippen LogP contribution in [0.2, 0.25) is 0 Å². The van der Waals surface area contributed by atoms with E-state index in [0.29, 0.717) is 38.0 Å². The third-order valence-electron chi connectivity index (χ3n) is 4.17. The number of aldehydes is 2. The van der Waals surface area contributed by atoms with Crippen LogP contribution in [0.4, 0.5) is 5.69 Å². The van der Waals surface area contributed by atoms with Crippen molar-refractivity contribution in [3.8, 4) is 0 Å². The summed E-state index contributed by atoms with van der Waals surface area (Å²) in [5, 5.41) is 4.87. The number of carbonyl (C=O) groups excluding carboxylic acids is 2. The summed E-state index contributed by atoms with van der Waals surface area (Å²) >= 11 is 0. The number of allylic oxidation sites excluding steroid dienone is 1. The Hall–Kier alpha value is -1.75. The summed E-state index contributed by atoms with van der Waals surface area (Å²) in [5.74, 6) is 0. The molecular formula is C17H24N3O3P. The summed E-state index contributed by atoms with van der Waals surface area (Å²) in [5.41, 5.74) is 1.82. The van der Waals surface area contributed by atoms with Crippen LogP contribution in [0, 0.1) is 0 Å². The number of carbonyl (C=O) groups is 2. The van der Waals surface area contributed by atoms with Crippen molar-refractivity contribution in [2.24, 2.45) is 0 Å². The van der Waals surface area contributed by atoms with Gasteiger partial charge >= 0.3 is 0 Å². The summed E-state index contributed by atoms with van der Waals surface area (Å²) in [7, 11) is 6.42. The Bertz CT molecular complexity index is 588. The lowest BCUT2D eigenvalue weighted by atomic mass is 10.2. The van der Waals surface area contributed by atoms with Gasteiger partial charge in [-0.3, -0.25) is 24.5 Å². The topological polar surface area (TPSA) is 53.1 Å². The van der Waals surface area contributed by atoms with E-state index in [4.69, 9.17) is 4.74 Å². The lowest BCUT2D eigenvalue weighted by Crippen LogP contribution is -2.44. The molecule has 1 aromatic rings. The van der Waals surface area contributed by atoms with Crippen LogP contribution in [0.15, 0.2) is 35.5 Å². The van der Waals surface area contributed by atoms with Crippen LogP contribution >= 0.6 is 9.24 Å². The Morgan fingerprint density at radius 3 is 2.29 bits per heavy atom. The zero-order valence-electron chi connectivity index (χ0n) is 14.1. The molecule has 1 unspecified atom stereocenters. The molecule has 1 fully saturated rings. The number of benzene rings is 1. The average Bonchev–Trinajstić information content (AvgIpc) is 2.62. The Kier molecular flexibility index (Phi) is 6.91. The van der Waals surface area contributed by atoms with Gasteiger partial charge in [0.05, 0.1) is 30.2 Å². The van der Waals surface area contributed by atoms with Crippen LogP contribution in [-0.2, 0) is 14.3 Å². The Morgan fingerprint density at radius 1 is 1.17 bits per heavy atom. The van der Waals surface area contributed by atoms with Gasteiger partial charge in [-0.2, -0.15) is 0 Å². The van der Waals surface area contributed by atoms with Gasteiger partial charge in [0.1, 0.15) is 0 Å². The molecule has 130 valence electrons. The molecule has 1 saturated heterocycles. The van der Waals surface area contributed by atoms with Gasteiger partial charge in [-0.15, -0.1) is 9.24 Å². The Labute approximate surface area is 145 Å². The van der Waals surface area contributed by atoms with Gasteiger partial charge in [0, 0.05) is 33.7 Å². The standard InChI is InChI=1S/C17H24N3O3P/c1-18(15-3-5-16(24)6-4-15)19(2)17(14(12-21)13-22)11-20-7-9-23-10-8-20/h3-6,12-13H,7-11,24H2,1-2H3. The second-order valence-corrected chi connectivity index (χ2v) is 6.33. The van der Waals surface area contributed by atoms with Gasteiger partial charge in [0.2, 0.25) is 0 Å². The van der Waals surface area contributed by atoms with Crippen molar-refractivity contribution in [2.45, 2.75) is 0 Å². The highest BCUT2D eigenvalue weighted by molar-refractivity contribution is 7.27. The predicted octanol–water partition coefficient (Wildman–Crippen LogP) is 0.454. The maximum absolute atomic E-state index is 11.3. The van der Waals surface area contributed by atoms with E-state index in [1.807, 2.05) is 48.4 Å². The molecule has 2 rings (SSSR count). The lowest BCUT2D eigenvalue weighted by molar-refractivity contribution is -0.110. The molecule has 6 nitrogen and oxygen atoms in total. The first-order valence-corrected chi connectivity index (χ1v) is 8.41. The molecule has 1 heterocycles. The van der Waals surface area contributed by atoms with E-state index >= 15 is 0 Å². The van der Waals surface area contributed by atoms with Gasteiger partial charge < -0.3 is 4.74 Å². The molecule has 0 saturated carbocycles. The number of ether oxygens (including phenoxy) is 1. The molecule has 1 aliphatic rings. The fourth-order valence-corrected chi connectivity index (χ4v) is 2.75. The van der Waals surface area contributed by atoms with Gasteiger partial charge in [0.25, 0.3) is 0 Å². The van der Waals surface area contributed by atoms with Crippen molar-refractivity contribution in [2.75, 3.05) is 52.0 Å². The monoisotopic (exact) mass is 349 g/mol. The number of hydrogen-bond donors (Lipinski definition) is 0. The maximum atomic E-state index is 11.3. The number of morpholine rings is 1. The van der Waals surface area contributed by atoms with Gasteiger partial charge in [-0.25, -0.2) is 0 Å². The zero-order chi connectivity index (χ0) is 17.5. The van der Waals surface area contributed by atoms with E-state index in [1.165, 1.54) is 0 Å². The normalized spacial score (nSPS) is 14.8. The molecule has 0 aliphatic carbocycles. The summed E-state index contributed by atoms with van der Waals surface area (Å²) in [6.45, 7) is 3.43. The summed E-state index contributed by atoms with van der Waals surface area (Å²) in [6.07, 6.45) is 1.25. The minimum Gasteiger partial charge on any atom is -0.379 e. The first-order valence-electron chi connectivity index (χ1n) is 7.83. The lowest BCUT2D eigenvalue weighted by Gasteiger charge is -2.37. The zero-order valence-corrected chi connectivity index (χ0v) is 15.3. The third kappa shape index (κ3) is 4.63. The van der Waals surface area contributed by atoms with E-state index in [1.54, 1.807) is 0 Å². The molecule has 0 spiro atoms. The summed E-state index contributed by atoms with van der Waals surface area (Å²) in [6, 6.07) is 7.98. The summed E-state index contributed by atoms with van der Waals surface area (Å²) < 4.78 is 5.36. The number of hydrazine groups is 1. The van der Waals surface area contributed by atoms with E-state index in [0.717, 1.165) is 24.1 Å². The number of rotatable bonds is 7. The highest BCUT2D eigenvalue weighted by Gasteiger charge is 2.20. The molecule has 0 bridgehead atoms. The number of likely N-dealkylation sites (N-methyl/N-ethyl adjacent to an activating group) is 1. The SMILES string of the molecule is CN(C(CN1CCOCC1)=C(C=O)C=O)N(C)c1ccc(P)cc1. The first-order chi connectivity index (χ1) is 11.6.